The van der Waals surface area contributed by atoms with Gasteiger partial charge in [-0.2, -0.15) is 5.10 Å². The quantitative estimate of drug-likeness (QED) is 0.810. The van der Waals surface area contributed by atoms with Crippen molar-refractivity contribution in [2.45, 2.75) is 0 Å². The predicted molar refractivity (Wildman–Crippen MR) is 63.2 cm³/mol. The number of nitrogens with zero attached hydrogens (tertiary/aromatic N) is 2. The van der Waals surface area contributed by atoms with E-state index in [1.807, 2.05) is 24.4 Å². The lowest BCUT2D eigenvalue weighted by Crippen LogP contribution is -2.02. The highest BCUT2D eigenvalue weighted by Crippen LogP contribution is 2.41. The molecule has 0 bridgehead atoms. The van der Waals surface area contributed by atoms with Gasteiger partial charge in [0.1, 0.15) is 5.69 Å². The molecule has 0 aliphatic rings. The van der Waals surface area contributed by atoms with Crippen LogP contribution in [0.5, 0.6) is 17.2 Å². The van der Waals surface area contributed by atoms with Gasteiger partial charge in [-0.05, 0) is 18.2 Å². The molecule has 0 saturated carbocycles. The third-order valence-electron chi connectivity index (χ3n) is 2.43. The van der Waals surface area contributed by atoms with Crippen LogP contribution in [0.25, 0.3) is 5.69 Å². The van der Waals surface area contributed by atoms with Crippen LogP contribution in [0.4, 0.5) is 0 Å². The SMILES string of the molecule is COc1ccc(-n2cccn2)c(OC)c1OC. The Morgan fingerprint density at radius 1 is 1.00 bits per heavy atom. The second kappa shape index (κ2) is 4.78. The maximum Gasteiger partial charge on any atom is 0.205 e. The molecule has 0 unspecified atom stereocenters. The number of rotatable bonds is 4. The normalized spacial score (nSPS) is 10.1. The van der Waals surface area contributed by atoms with Crippen LogP contribution in [0.15, 0.2) is 30.6 Å². The molecule has 0 saturated heterocycles. The molecule has 1 aromatic carbocycles. The van der Waals surface area contributed by atoms with Crippen molar-refractivity contribution < 1.29 is 14.2 Å². The Morgan fingerprint density at radius 3 is 2.29 bits per heavy atom. The van der Waals surface area contributed by atoms with Crippen LogP contribution in [0.2, 0.25) is 0 Å². The van der Waals surface area contributed by atoms with Gasteiger partial charge in [0.25, 0.3) is 0 Å². The molecular formula is C12H14N2O3. The van der Waals surface area contributed by atoms with Crippen LogP contribution in [-0.4, -0.2) is 31.1 Å². The van der Waals surface area contributed by atoms with E-state index in [1.54, 1.807) is 32.2 Å². The summed E-state index contributed by atoms with van der Waals surface area (Å²) in [6.07, 6.45) is 3.54. The summed E-state index contributed by atoms with van der Waals surface area (Å²) in [5.74, 6) is 1.78. The van der Waals surface area contributed by atoms with Gasteiger partial charge in [-0.15, -0.1) is 0 Å². The highest BCUT2D eigenvalue weighted by atomic mass is 16.5. The van der Waals surface area contributed by atoms with Crippen LogP contribution in [0.3, 0.4) is 0 Å². The summed E-state index contributed by atoms with van der Waals surface area (Å²) in [5, 5.41) is 4.17. The van der Waals surface area contributed by atoms with E-state index in [1.165, 1.54) is 0 Å². The molecule has 0 radical (unpaired) electrons. The van der Waals surface area contributed by atoms with Crippen LogP contribution in [0.1, 0.15) is 0 Å². The summed E-state index contributed by atoms with van der Waals surface area (Å²) in [4.78, 5) is 0. The molecule has 2 aromatic rings. The second-order valence-electron chi connectivity index (χ2n) is 3.30. The Balaban J connectivity index is 2.61. The Hall–Kier alpha value is -2.17. The van der Waals surface area contributed by atoms with Crippen molar-refractivity contribution in [1.82, 2.24) is 9.78 Å². The molecule has 1 aromatic heterocycles. The monoisotopic (exact) mass is 234 g/mol. The molecule has 5 nitrogen and oxygen atoms in total. The van der Waals surface area contributed by atoms with Crippen molar-refractivity contribution in [2.24, 2.45) is 0 Å². The third kappa shape index (κ3) is 1.91. The first kappa shape index (κ1) is 11.3. The van der Waals surface area contributed by atoms with Gasteiger partial charge in [0, 0.05) is 12.4 Å². The van der Waals surface area contributed by atoms with Crippen LogP contribution in [-0.2, 0) is 0 Å². The molecule has 0 fully saturated rings. The van der Waals surface area contributed by atoms with Gasteiger partial charge in [-0.1, -0.05) is 0 Å². The van der Waals surface area contributed by atoms with Gasteiger partial charge < -0.3 is 14.2 Å². The smallest absolute Gasteiger partial charge is 0.205 e. The van der Waals surface area contributed by atoms with Crippen molar-refractivity contribution in [3.63, 3.8) is 0 Å². The van der Waals surface area contributed by atoms with Crippen LogP contribution in [0, 0.1) is 0 Å². The van der Waals surface area contributed by atoms with Crippen molar-refractivity contribution in [3.05, 3.63) is 30.6 Å². The molecule has 0 aliphatic heterocycles. The van der Waals surface area contributed by atoms with E-state index in [-0.39, 0.29) is 0 Å². The molecule has 2 rings (SSSR count). The van der Waals surface area contributed by atoms with E-state index in [9.17, 15) is 0 Å². The van der Waals surface area contributed by atoms with Crippen LogP contribution >= 0.6 is 0 Å². The molecule has 90 valence electrons. The zero-order valence-corrected chi connectivity index (χ0v) is 10.0. The average molecular weight is 234 g/mol. The maximum absolute atomic E-state index is 5.37. The molecule has 0 atom stereocenters. The minimum atomic E-state index is 0.558. The minimum absolute atomic E-state index is 0.558. The number of ether oxygens (including phenoxy) is 3. The van der Waals surface area contributed by atoms with E-state index < -0.39 is 0 Å². The fourth-order valence-electron chi connectivity index (χ4n) is 1.68. The summed E-state index contributed by atoms with van der Waals surface area (Å²) < 4.78 is 17.6. The molecule has 1 heterocycles. The van der Waals surface area contributed by atoms with Gasteiger partial charge in [0.05, 0.1) is 21.3 Å². The summed E-state index contributed by atoms with van der Waals surface area (Å²) in [6, 6.07) is 5.53. The van der Waals surface area contributed by atoms with E-state index in [2.05, 4.69) is 5.10 Å². The Bertz CT molecular complexity index is 495. The van der Waals surface area contributed by atoms with Gasteiger partial charge in [0.2, 0.25) is 5.75 Å². The molecule has 0 aliphatic carbocycles. The Labute approximate surface area is 99.5 Å². The number of hydrogen-bond donors (Lipinski definition) is 0. The Morgan fingerprint density at radius 2 is 1.76 bits per heavy atom. The average Bonchev–Trinajstić information content (AvgIpc) is 2.90. The number of aromatic nitrogens is 2. The van der Waals surface area contributed by atoms with Gasteiger partial charge in [-0.25, -0.2) is 4.68 Å². The standard InChI is InChI=1S/C12H14N2O3/c1-15-10-6-5-9(14-8-4-7-13-14)11(16-2)12(10)17-3/h4-8H,1-3H3. The summed E-state index contributed by atoms with van der Waals surface area (Å²) in [5.41, 5.74) is 0.801. The lowest BCUT2D eigenvalue weighted by molar-refractivity contribution is 0.323. The highest BCUT2D eigenvalue weighted by Gasteiger charge is 2.16. The fourth-order valence-corrected chi connectivity index (χ4v) is 1.68. The number of hydrogen-bond acceptors (Lipinski definition) is 4. The summed E-state index contributed by atoms with van der Waals surface area (Å²) in [7, 11) is 4.75. The van der Waals surface area contributed by atoms with Gasteiger partial charge in [0.15, 0.2) is 11.5 Å². The van der Waals surface area contributed by atoms with E-state index in [0.717, 1.165) is 5.69 Å². The van der Waals surface area contributed by atoms with Crippen LogP contribution < -0.4 is 14.2 Å². The topological polar surface area (TPSA) is 45.5 Å². The first-order valence-electron chi connectivity index (χ1n) is 5.10. The second-order valence-corrected chi connectivity index (χ2v) is 3.30. The van der Waals surface area contributed by atoms with Gasteiger partial charge >= 0.3 is 0 Å². The van der Waals surface area contributed by atoms with Crippen molar-refractivity contribution >= 4 is 0 Å². The van der Waals surface area contributed by atoms with Crippen molar-refractivity contribution in [2.75, 3.05) is 21.3 Å². The molecule has 5 heteroatoms. The predicted octanol–water partition coefficient (Wildman–Crippen LogP) is 1.90. The lowest BCUT2D eigenvalue weighted by Gasteiger charge is -2.15. The molecule has 0 N–H and O–H groups in total. The van der Waals surface area contributed by atoms with Crippen molar-refractivity contribution in [1.29, 1.82) is 0 Å². The zero-order valence-electron chi connectivity index (χ0n) is 10.0. The number of benzene rings is 1. The van der Waals surface area contributed by atoms with E-state index in [0.29, 0.717) is 17.2 Å². The molecular weight excluding hydrogens is 220 g/mol. The van der Waals surface area contributed by atoms with E-state index in [4.69, 9.17) is 14.2 Å². The summed E-state index contributed by atoms with van der Waals surface area (Å²) >= 11 is 0. The summed E-state index contributed by atoms with van der Waals surface area (Å²) in [6.45, 7) is 0. The van der Waals surface area contributed by atoms with Gasteiger partial charge in [-0.3, -0.25) is 0 Å². The van der Waals surface area contributed by atoms with Crippen molar-refractivity contribution in [3.8, 4) is 22.9 Å². The zero-order chi connectivity index (χ0) is 12.3. The lowest BCUT2D eigenvalue weighted by atomic mass is 10.2. The third-order valence-corrected chi connectivity index (χ3v) is 2.43. The fraction of sp³-hybridized carbons (Fsp3) is 0.250. The first-order chi connectivity index (χ1) is 8.31. The highest BCUT2D eigenvalue weighted by molar-refractivity contribution is 5.61. The van der Waals surface area contributed by atoms with E-state index >= 15 is 0 Å². The molecule has 17 heavy (non-hydrogen) atoms. The number of methoxy groups -OCH3 is 3. The molecule has 0 amide bonds. The minimum Gasteiger partial charge on any atom is -0.493 e. The Kier molecular flexibility index (Phi) is 3.18. The molecule has 0 spiro atoms. The maximum atomic E-state index is 5.37. The largest absolute Gasteiger partial charge is 0.493 e. The first-order valence-corrected chi connectivity index (χ1v) is 5.10.